The highest BCUT2D eigenvalue weighted by Gasteiger charge is 2.10. The number of hydrogen-bond donors (Lipinski definition) is 1. The van der Waals surface area contributed by atoms with Gasteiger partial charge in [-0.15, -0.1) is 0 Å². The van der Waals surface area contributed by atoms with Gasteiger partial charge in [0.1, 0.15) is 5.75 Å². The molecule has 1 aromatic heterocycles. The number of pyridine rings is 1. The van der Waals surface area contributed by atoms with Crippen molar-refractivity contribution in [3.05, 3.63) is 47.1 Å². The maximum absolute atomic E-state index is 12.0. The van der Waals surface area contributed by atoms with Crippen molar-refractivity contribution in [2.75, 3.05) is 18.2 Å². The standard InChI is InChI=1S/C15H15ClN2O2S/c1-10-4-3-7-17-15(10)21-9-14(19)18-12-8-11(16)5-6-13(12)20-2/h3-8H,9H2,1-2H3,(H,18,19). The normalized spacial score (nSPS) is 10.2. The summed E-state index contributed by atoms with van der Waals surface area (Å²) in [4.78, 5) is 16.3. The Bertz CT molecular complexity index is 649. The monoisotopic (exact) mass is 322 g/mol. The van der Waals surface area contributed by atoms with Gasteiger partial charge in [-0.05, 0) is 36.8 Å². The predicted octanol–water partition coefficient (Wildman–Crippen LogP) is 3.78. The van der Waals surface area contributed by atoms with Crippen molar-refractivity contribution >= 4 is 35.0 Å². The van der Waals surface area contributed by atoms with Gasteiger partial charge in [0, 0.05) is 11.2 Å². The molecule has 0 aliphatic carbocycles. The molecule has 1 amide bonds. The molecule has 0 saturated carbocycles. The molecule has 0 radical (unpaired) electrons. The summed E-state index contributed by atoms with van der Waals surface area (Å²) in [6.45, 7) is 1.97. The number of carbonyl (C=O) groups excluding carboxylic acids is 1. The summed E-state index contributed by atoms with van der Waals surface area (Å²) in [5.41, 5.74) is 1.61. The maximum atomic E-state index is 12.0. The number of benzene rings is 1. The lowest BCUT2D eigenvalue weighted by Gasteiger charge is -2.10. The number of aromatic nitrogens is 1. The minimum absolute atomic E-state index is 0.134. The Kier molecular flexibility index (Phi) is 5.47. The van der Waals surface area contributed by atoms with Gasteiger partial charge in [-0.25, -0.2) is 4.98 Å². The van der Waals surface area contributed by atoms with Gasteiger partial charge in [0.25, 0.3) is 0 Å². The third-order valence-electron chi connectivity index (χ3n) is 2.74. The number of amides is 1. The molecule has 4 nitrogen and oxygen atoms in total. The molecule has 1 aromatic carbocycles. The predicted molar refractivity (Wildman–Crippen MR) is 86.3 cm³/mol. The molecule has 2 aromatic rings. The fourth-order valence-electron chi connectivity index (χ4n) is 1.72. The molecule has 0 aliphatic rings. The Hall–Kier alpha value is -1.72. The van der Waals surface area contributed by atoms with Crippen LogP contribution in [-0.2, 0) is 4.79 Å². The van der Waals surface area contributed by atoms with Crippen molar-refractivity contribution in [1.29, 1.82) is 0 Å². The largest absolute Gasteiger partial charge is 0.495 e. The van der Waals surface area contributed by atoms with E-state index in [1.54, 1.807) is 31.5 Å². The molecule has 110 valence electrons. The lowest BCUT2D eigenvalue weighted by Crippen LogP contribution is -2.15. The summed E-state index contributed by atoms with van der Waals surface area (Å²) >= 11 is 7.32. The van der Waals surface area contributed by atoms with E-state index < -0.39 is 0 Å². The fourth-order valence-corrected chi connectivity index (χ4v) is 2.66. The van der Waals surface area contributed by atoms with Gasteiger partial charge < -0.3 is 10.1 Å². The van der Waals surface area contributed by atoms with Crippen LogP contribution in [0.1, 0.15) is 5.56 Å². The molecule has 0 spiro atoms. The molecule has 0 saturated heterocycles. The zero-order chi connectivity index (χ0) is 15.2. The molecule has 0 unspecified atom stereocenters. The quantitative estimate of drug-likeness (QED) is 0.851. The van der Waals surface area contributed by atoms with Crippen molar-refractivity contribution < 1.29 is 9.53 Å². The summed E-state index contributed by atoms with van der Waals surface area (Å²) in [6, 6.07) is 8.93. The number of hydrogen-bond acceptors (Lipinski definition) is 4. The molecule has 1 heterocycles. The minimum Gasteiger partial charge on any atom is -0.495 e. The van der Waals surface area contributed by atoms with Crippen molar-refractivity contribution in [2.45, 2.75) is 11.9 Å². The number of nitrogens with zero attached hydrogens (tertiary/aromatic N) is 1. The van der Waals surface area contributed by atoms with Crippen molar-refractivity contribution in [1.82, 2.24) is 4.98 Å². The summed E-state index contributed by atoms with van der Waals surface area (Å²) in [6.07, 6.45) is 1.72. The smallest absolute Gasteiger partial charge is 0.234 e. The van der Waals surface area contributed by atoms with Crippen LogP contribution in [0, 0.1) is 6.92 Å². The number of halogens is 1. The lowest BCUT2D eigenvalue weighted by molar-refractivity contribution is -0.113. The van der Waals surface area contributed by atoms with Gasteiger partial charge in [-0.1, -0.05) is 29.4 Å². The van der Waals surface area contributed by atoms with Gasteiger partial charge in [0.2, 0.25) is 5.91 Å². The minimum atomic E-state index is -0.134. The Morgan fingerprint density at radius 2 is 2.24 bits per heavy atom. The topological polar surface area (TPSA) is 51.2 Å². The van der Waals surface area contributed by atoms with Crippen LogP contribution in [0.15, 0.2) is 41.6 Å². The van der Waals surface area contributed by atoms with E-state index in [-0.39, 0.29) is 11.7 Å². The highest BCUT2D eigenvalue weighted by molar-refractivity contribution is 8.00. The first-order chi connectivity index (χ1) is 10.1. The van der Waals surface area contributed by atoms with Crippen LogP contribution in [0.25, 0.3) is 0 Å². The first-order valence-corrected chi connectivity index (χ1v) is 7.64. The lowest BCUT2D eigenvalue weighted by atomic mass is 10.3. The van der Waals surface area contributed by atoms with E-state index in [0.29, 0.717) is 16.5 Å². The molecule has 6 heteroatoms. The first kappa shape index (κ1) is 15.7. The van der Waals surface area contributed by atoms with Gasteiger partial charge in [0.05, 0.1) is 23.6 Å². The molecule has 1 N–H and O–H groups in total. The van der Waals surface area contributed by atoms with Crippen LogP contribution in [0.4, 0.5) is 5.69 Å². The van der Waals surface area contributed by atoms with Crippen molar-refractivity contribution in [3.8, 4) is 5.75 Å². The van der Waals surface area contributed by atoms with Crippen LogP contribution >= 0.6 is 23.4 Å². The molecule has 0 fully saturated rings. The van der Waals surface area contributed by atoms with E-state index in [1.807, 2.05) is 19.1 Å². The van der Waals surface area contributed by atoms with E-state index in [1.165, 1.54) is 11.8 Å². The number of nitrogens with one attached hydrogen (secondary N) is 1. The van der Waals surface area contributed by atoms with E-state index in [2.05, 4.69) is 10.3 Å². The molecular weight excluding hydrogens is 308 g/mol. The second kappa shape index (κ2) is 7.33. The zero-order valence-corrected chi connectivity index (χ0v) is 13.3. The highest BCUT2D eigenvalue weighted by Crippen LogP contribution is 2.28. The van der Waals surface area contributed by atoms with E-state index >= 15 is 0 Å². The van der Waals surface area contributed by atoms with Crippen molar-refractivity contribution in [3.63, 3.8) is 0 Å². The van der Waals surface area contributed by atoms with Crippen LogP contribution in [0.5, 0.6) is 5.75 Å². The third kappa shape index (κ3) is 4.37. The number of carbonyl (C=O) groups is 1. The van der Waals surface area contributed by atoms with Crippen LogP contribution in [0.3, 0.4) is 0 Å². The van der Waals surface area contributed by atoms with Crippen LogP contribution in [-0.4, -0.2) is 23.8 Å². The third-order valence-corrected chi connectivity index (χ3v) is 4.08. The number of anilines is 1. The second-order valence-electron chi connectivity index (χ2n) is 4.31. The SMILES string of the molecule is COc1ccc(Cl)cc1NC(=O)CSc1ncccc1C. The van der Waals surface area contributed by atoms with E-state index in [9.17, 15) is 4.79 Å². The van der Waals surface area contributed by atoms with Crippen LogP contribution < -0.4 is 10.1 Å². The second-order valence-corrected chi connectivity index (χ2v) is 5.71. The molecule has 0 bridgehead atoms. The number of thioether (sulfide) groups is 1. The number of methoxy groups -OCH3 is 1. The molecule has 0 aliphatic heterocycles. The Balaban J connectivity index is 1.99. The van der Waals surface area contributed by atoms with E-state index in [0.717, 1.165) is 10.6 Å². The summed E-state index contributed by atoms with van der Waals surface area (Å²) in [5.74, 6) is 0.713. The average Bonchev–Trinajstić information content (AvgIpc) is 2.47. The van der Waals surface area contributed by atoms with Crippen LogP contribution in [0.2, 0.25) is 5.02 Å². The average molecular weight is 323 g/mol. The Morgan fingerprint density at radius 3 is 2.95 bits per heavy atom. The molecule has 2 rings (SSSR count). The van der Waals surface area contributed by atoms with Crippen molar-refractivity contribution in [2.24, 2.45) is 0 Å². The van der Waals surface area contributed by atoms with E-state index in [4.69, 9.17) is 16.3 Å². The first-order valence-electron chi connectivity index (χ1n) is 6.28. The van der Waals surface area contributed by atoms with Gasteiger partial charge in [-0.3, -0.25) is 4.79 Å². The number of ether oxygens (including phenoxy) is 1. The Labute approximate surface area is 132 Å². The maximum Gasteiger partial charge on any atom is 0.234 e. The fraction of sp³-hybridized carbons (Fsp3) is 0.200. The van der Waals surface area contributed by atoms with Gasteiger partial charge in [0.15, 0.2) is 0 Å². The summed E-state index contributed by atoms with van der Waals surface area (Å²) < 4.78 is 5.19. The highest BCUT2D eigenvalue weighted by atomic mass is 35.5. The summed E-state index contributed by atoms with van der Waals surface area (Å²) in [7, 11) is 1.55. The number of rotatable bonds is 5. The van der Waals surface area contributed by atoms with Gasteiger partial charge >= 0.3 is 0 Å². The zero-order valence-electron chi connectivity index (χ0n) is 11.7. The number of aryl methyl sites for hydroxylation is 1. The molecule has 21 heavy (non-hydrogen) atoms. The molecular formula is C15H15ClN2O2S. The summed E-state index contributed by atoms with van der Waals surface area (Å²) in [5, 5.41) is 4.19. The Morgan fingerprint density at radius 1 is 1.43 bits per heavy atom. The van der Waals surface area contributed by atoms with Gasteiger partial charge in [-0.2, -0.15) is 0 Å². The molecule has 0 atom stereocenters.